The fourth-order valence-corrected chi connectivity index (χ4v) is 4.67. The van der Waals surface area contributed by atoms with Crippen molar-refractivity contribution >= 4 is 39.2 Å². The van der Waals surface area contributed by atoms with E-state index in [1.54, 1.807) is 0 Å². The van der Waals surface area contributed by atoms with E-state index in [0.717, 1.165) is 12.1 Å². The molecule has 28 heavy (non-hydrogen) atoms. The Bertz CT molecular complexity index is 1090. The Balaban J connectivity index is 1.86. The van der Waals surface area contributed by atoms with Crippen molar-refractivity contribution in [2.75, 3.05) is 15.4 Å². The lowest BCUT2D eigenvalue weighted by Gasteiger charge is -2.16. The van der Waals surface area contributed by atoms with E-state index in [1.165, 1.54) is 37.3 Å². The number of phenols is 1. The summed E-state index contributed by atoms with van der Waals surface area (Å²) in [5.41, 5.74) is -0.0174. The summed E-state index contributed by atoms with van der Waals surface area (Å²) in [6, 6.07) is 9.09. The van der Waals surface area contributed by atoms with E-state index in [1.807, 2.05) is 0 Å². The number of rotatable bonds is 4. The number of sulfonamides is 1. The van der Waals surface area contributed by atoms with Gasteiger partial charge in [-0.1, -0.05) is 13.0 Å². The molecule has 0 radical (unpaired) electrons. The highest BCUT2D eigenvalue weighted by molar-refractivity contribution is 7.94. The molecule has 2 aromatic rings. The molecule has 146 valence electrons. The predicted octanol–water partition coefficient (Wildman–Crippen LogP) is 1.66. The first-order valence-electron chi connectivity index (χ1n) is 8.15. The largest absolute Gasteiger partial charge is 0.507 e. The van der Waals surface area contributed by atoms with Crippen molar-refractivity contribution in [3.05, 3.63) is 53.6 Å². The van der Waals surface area contributed by atoms with E-state index in [-0.39, 0.29) is 28.3 Å². The Labute approximate surface area is 160 Å². The number of hydrogen-bond acceptors (Lipinski definition) is 6. The summed E-state index contributed by atoms with van der Waals surface area (Å²) in [4.78, 5) is 35.6. The van der Waals surface area contributed by atoms with Crippen molar-refractivity contribution in [3.8, 4) is 5.75 Å². The van der Waals surface area contributed by atoms with Crippen molar-refractivity contribution in [3.63, 3.8) is 0 Å². The summed E-state index contributed by atoms with van der Waals surface area (Å²) in [5.74, 6) is -3.97. The van der Waals surface area contributed by atoms with Crippen molar-refractivity contribution in [2.45, 2.75) is 6.92 Å². The number of aromatic hydroxyl groups is 1. The number of nitrogens with zero attached hydrogens (tertiary/aromatic N) is 1. The van der Waals surface area contributed by atoms with E-state index in [2.05, 4.69) is 5.32 Å². The topological polar surface area (TPSA) is 141 Å². The standard InChI is InChI=1S/C18H16N2O7S/c1-10-9-28(26,27)20(17(10)23)13-4-2-3-11(7-13)16(22)19-12-5-6-14(18(24)25)15(21)8-12/h2-8,10,21H,9H2,1H3,(H,19,22)(H,24,25)/t10-/m0/s1. The Morgan fingerprint density at radius 2 is 1.89 bits per heavy atom. The third kappa shape index (κ3) is 3.54. The first-order chi connectivity index (χ1) is 13.1. The maximum absolute atomic E-state index is 12.5. The lowest BCUT2D eigenvalue weighted by molar-refractivity contribution is -0.119. The van der Waals surface area contributed by atoms with Gasteiger partial charge in [-0.05, 0) is 30.3 Å². The number of nitrogens with one attached hydrogen (secondary N) is 1. The number of anilines is 2. The molecule has 1 aliphatic rings. The van der Waals surface area contributed by atoms with Gasteiger partial charge in [0.05, 0.1) is 17.4 Å². The highest BCUT2D eigenvalue weighted by Crippen LogP contribution is 2.29. The molecule has 0 saturated carbocycles. The van der Waals surface area contributed by atoms with E-state index in [9.17, 15) is 27.9 Å². The fraction of sp³-hybridized carbons (Fsp3) is 0.167. The van der Waals surface area contributed by atoms with Crippen LogP contribution in [0, 0.1) is 5.92 Å². The molecule has 1 aliphatic heterocycles. The molecule has 3 N–H and O–H groups in total. The van der Waals surface area contributed by atoms with Crippen LogP contribution >= 0.6 is 0 Å². The third-order valence-corrected chi connectivity index (χ3v) is 6.06. The highest BCUT2D eigenvalue weighted by atomic mass is 32.2. The molecule has 2 aromatic carbocycles. The second kappa shape index (κ2) is 6.97. The molecule has 0 bridgehead atoms. The van der Waals surface area contributed by atoms with E-state index < -0.39 is 39.5 Å². The molecule has 1 atom stereocenters. The Morgan fingerprint density at radius 3 is 2.46 bits per heavy atom. The minimum atomic E-state index is -3.79. The molecular weight excluding hydrogens is 388 g/mol. The zero-order valence-corrected chi connectivity index (χ0v) is 15.4. The summed E-state index contributed by atoms with van der Waals surface area (Å²) in [7, 11) is -3.79. The SMILES string of the molecule is C[C@H]1CS(=O)(=O)N(c2cccc(C(=O)Nc3ccc(C(=O)O)c(O)c3)c2)C1=O. The van der Waals surface area contributed by atoms with Gasteiger partial charge in [-0.15, -0.1) is 0 Å². The molecular formula is C18H16N2O7S. The van der Waals surface area contributed by atoms with Crippen LogP contribution in [0.1, 0.15) is 27.6 Å². The molecule has 1 heterocycles. The van der Waals surface area contributed by atoms with Gasteiger partial charge in [-0.3, -0.25) is 9.59 Å². The molecule has 1 saturated heterocycles. The molecule has 10 heteroatoms. The van der Waals surface area contributed by atoms with Crippen molar-refractivity contribution in [2.24, 2.45) is 5.92 Å². The average Bonchev–Trinajstić information content (AvgIpc) is 2.81. The van der Waals surface area contributed by atoms with E-state index >= 15 is 0 Å². The van der Waals surface area contributed by atoms with Gasteiger partial charge in [0.25, 0.3) is 5.91 Å². The maximum Gasteiger partial charge on any atom is 0.339 e. The quantitative estimate of drug-likeness (QED) is 0.703. The van der Waals surface area contributed by atoms with E-state index in [0.29, 0.717) is 4.31 Å². The smallest absolute Gasteiger partial charge is 0.339 e. The van der Waals surface area contributed by atoms with Gasteiger partial charge in [0.1, 0.15) is 11.3 Å². The molecule has 0 aliphatic carbocycles. The lowest BCUT2D eigenvalue weighted by atomic mass is 10.1. The van der Waals surface area contributed by atoms with Crippen LogP contribution in [0.4, 0.5) is 11.4 Å². The fourth-order valence-electron chi connectivity index (χ4n) is 2.85. The normalized spacial score (nSPS) is 18.1. The summed E-state index contributed by atoms with van der Waals surface area (Å²) >= 11 is 0. The second-order valence-electron chi connectivity index (χ2n) is 6.32. The van der Waals surface area contributed by atoms with Crippen LogP contribution in [0.5, 0.6) is 5.75 Å². The number of carboxylic acid groups (broad SMARTS) is 1. The minimum absolute atomic E-state index is 0.0612. The average molecular weight is 404 g/mol. The van der Waals surface area contributed by atoms with Gasteiger partial charge in [0.2, 0.25) is 15.9 Å². The summed E-state index contributed by atoms with van der Waals surface area (Å²) in [5, 5.41) is 21.1. The van der Waals surface area contributed by atoms with Gasteiger partial charge in [-0.2, -0.15) is 0 Å². The Kier molecular flexibility index (Phi) is 4.82. The number of amides is 2. The zero-order chi connectivity index (χ0) is 20.6. The van der Waals surface area contributed by atoms with Gasteiger partial charge < -0.3 is 15.5 Å². The number of benzene rings is 2. The highest BCUT2D eigenvalue weighted by Gasteiger charge is 2.42. The number of hydrogen-bond donors (Lipinski definition) is 3. The number of carbonyl (C=O) groups excluding carboxylic acids is 2. The minimum Gasteiger partial charge on any atom is -0.507 e. The Morgan fingerprint density at radius 1 is 1.18 bits per heavy atom. The molecule has 9 nitrogen and oxygen atoms in total. The number of carbonyl (C=O) groups is 3. The van der Waals surface area contributed by atoms with Crippen LogP contribution in [0.2, 0.25) is 0 Å². The first kappa shape index (κ1) is 19.4. The summed E-state index contributed by atoms with van der Waals surface area (Å²) < 4.78 is 25.1. The molecule has 1 fully saturated rings. The molecule has 2 amide bonds. The number of aromatic carboxylic acids is 1. The van der Waals surface area contributed by atoms with Crippen molar-refractivity contribution in [1.29, 1.82) is 0 Å². The van der Waals surface area contributed by atoms with E-state index in [4.69, 9.17) is 5.11 Å². The van der Waals surface area contributed by atoms with Crippen LogP contribution in [-0.2, 0) is 14.8 Å². The van der Waals surface area contributed by atoms with Crippen molar-refractivity contribution in [1.82, 2.24) is 0 Å². The molecule has 0 aromatic heterocycles. The lowest BCUT2D eigenvalue weighted by Crippen LogP contribution is -2.30. The van der Waals surface area contributed by atoms with Crippen LogP contribution < -0.4 is 9.62 Å². The third-order valence-electron chi connectivity index (χ3n) is 4.19. The first-order valence-corrected chi connectivity index (χ1v) is 9.75. The monoisotopic (exact) mass is 404 g/mol. The van der Waals surface area contributed by atoms with Crippen LogP contribution in [0.3, 0.4) is 0 Å². The summed E-state index contributed by atoms with van der Waals surface area (Å²) in [6.45, 7) is 1.52. The summed E-state index contributed by atoms with van der Waals surface area (Å²) in [6.07, 6.45) is 0. The Hall–Kier alpha value is -3.40. The molecule has 0 unspecified atom stereocenters. The molecule has 0 spiro atoms. The van der Waals surface area contributed by atoms with Crippen LogP contribution in [0.15, 0.2) is 42.5 Å². The number of carboxylic acids is 1. The van der Waals surface area contributed by atoms with Crippen LogP contribution in [-0.4, -0.2) is 42.2 Å². The predicted molar refractivity (Wildman–Crippen MR) is 99.9 cm³/mol. The molecule has 3 rings (SSSR count). The van der Waals surface area contributed by atoms with Gasteiger partial charge in [0, 0.05) is 17.3 Å². The second-order valence-corrected chi connectivity index (χ2v) is 8.19. The van der Waals surface area contributed by atoms with Gasteiger partial charge in [-0.25, -0.2) is 17.5 Å². The van der Waals surface area contributed by atoms with Crippen molar-refractivity contribution < 1.29 is 33.0 Å². The van der Waals surface area contributed by atoms with Gasteiger partial charge in [0.15, 0.2) is 0 Å². The van der Waals surface area contributed by atoms with Gasteiger partial charge >= 0.3 is 5.97 Å². The maximum atomic E-state index is 12.5. The zero-order valence-electron chi connectivity index (χ0n) is 14.6. The van der Waals surface area contributed by atoms with Crippen LogP contribution in [0.25, 0.3) is 0 Å².